The molecule has 9 heteroatoms. The molecular weight excluding hydrogens is 383 g/mol. The van der Waals surface area contributed by atoms with Crippen LogP contribution in [-0.2, 0) is 4.79 Å². The Labute approximate surface area is 159 Å². The molecule has 26 heavy (non-hydrogen) atoms. The van der Waals surface area contributed by atoms with Gasteiger partial charge in [0.1, 0.15) is 5.75 Å². The number of carbonyl (C=O) groups is 1. The number of hydrogen-bond donors (Lipinski definition) is 2. The van der Waals surface area contributed by atoms with Crippen LogP contribution in [0.4, 0.5) is 0 Å². The molecule has 0 atom stereocenters. The van der Waals surface area contributed by atoms with E-state index in [0.29, 0.717) is 17.7 Å². The van der Waals surface area contributed by atoms with E-state index in [4.69, 9.17) is 37.8 Å². The number of H-pyrrole nitrogens is 1. The molecule has 0 saturated carbocycles. The van der Waals surface area contributed by atoms with Gasteiger partial charge in [0, 0.05) is 30.2 Å². The number of ether oxygens (including phenoxy) is 2. The molecule has 2 aromatic rings. The molecule has 2 rings (SSSR count). The number of aromatic amines is 1. The van der Waals surface area contributed by atoms with Gasteiger partial charge in [-0.15, -0.1) is 5.10 Å². The number of nitrogens with one attached hydrogen (secondary N) is 1. The zero-order valence-corrected chi connectivity index (χ0v) is 15.7. The Hall–Kier alpha value is -2.25. The van der Waals surface area contributed by atoms with Gasteiger partial charge < -0.3 is 14.6 Å². The molecule has 0 aliphatic carbocycles. The Kier molecular flexibility index (Phi) is 6.88. The normalized spacial score (nSPS) is 10.8. The number of halogens is 2. The van der Waals surface area contributed by atoms with Crippen LogP contribution in [0.2, 0.25) is 10.0 Å². The van der Waals surface area contributed by atoms with Crippen LogP contribution in [-0.4, -0.2) is 27.9 Å². The smallest absolute Gasteiger partial charge is 0.303 e. The van der Waals surface area contributed by atoms with Crippen molar-refractivity contribution < 1.29 is 19.4 Å². The van der Waals surface area contributed by atoms with Crippen molar-refractivity contribution >= 4 is 29.2 Å². The Balaban J connectivity index is 2.14. The van der Waals surface area contributed by atoms with E-state index in [1.54, 1.807) is 0 Å². The van der Waals surface area contributed by atoms with Crippen molar-refractivity contribution in [1.29, 1.82) is 0 Å². The highest BCUT2D eigenvalue weighted by Crippen LogP contribution is 2.39. The summed E-state index contributed by atoms with van der Waals surface area (Å²) in [6, 6.07) is 4.56. The van der Waals surface area contributed by atoms with Crippen LogP contribution in [0.3, 0.4) is 0 Å². The lowest BCUT2D eigenvalue weighted by Crippen LogP contribution is -2.15. The lowest BCUT2D eigenvalue weighted by molar-refractivity contribution is -0.137. The molecular formula is C17H18Cl2N2O5. The molecule has 0 fully saturated rings. The highest BCUT2D eigenvalue weighted by Gasteiger charge is 2.14. The number of carboxylic acid groups (broad SMARTS) is 1. The lowest BCUT2D eigenvalue weighted by atomic mass is 10.1. The summed E-state index contributed by atoms with van der Waals surface area (Å²) in [4.78, 5) is 22.2. The summed E-state index contributed by atoms with van der Waals surface area (Å²) < 4.78 is 11.1. The van der Waals surface area contributed by atoms with E-state index in [-0.39, 0.29) is 46.2 Å². The number of benzene rings is 1. The second kappa shape index (κ2) is 8.91. The molecule has 1 aromatic heterocycles. The van der Waals surface area contributed by atoms with Gasteiger partial charge >= 0.3 is 5.97 Å². The Morgan fingerprint density at radius 3 is 2.50 bits per heavy atom. The first-order chi connectivity index (χ1) is 12.3. The van der Waals surface area contributed by atoms with Gasteiger partial charge in [0.25, 0.3) is 5.56 Å². The summed E-state index contributed by atoms with van der Waals surface area (Å²) in [5.74, 6) is -0.151. The van der Waals surface area contributed by atoms with E-state index in [9.17, 15) is 9.59 Å². The molecule has 0 bridgehead atoms. The van der Waals surface area contributed by atoms with Crippen LogP contribution in [0.25, 0.3) is 0 Å². The van der Waals surface area contributed by atoms with Gasteiger partial charge in [-0.1, -0.05) is 37.0 Å². The largest absolute Gasteiger partial charge is 0.493 e. The maximum absolute atomic E-state index is 11.7. The molecule has 140 valence electrons. The van der Waals surface area contributed by atoms with Crippen molar-refractivity contribution in [2.45, 2.75) is 32.6 Å². The van der Waals surface area contributed by atoms with Crippen molar-refractivity contribution in [1.82, 2.24) is 10.2 Å². The predicted octanol–water partition coefficient (Wildman–Crippen LogP) is 4.24. The predicted molar refractivity (Wildman–Crippen MR) is 97.8 cm³/mol. The van der Waals surface area contributed by atoms with E-state index in [0.717, 1.165) is 0 Å². The molecule has 0 spiro atoms. The van der Waals surface area contributed by atoms with Crippen LogP contribution in [0, 0.1) is 0 Å². The Bertz CT molecular complexity index is 828. The van der Waals surface area contributed by atoms with Gasteiger partial charge in [-0.2, -0.15) is 0 Å². The SMILES string of the molecule is CC(C)c1cc(Oc2c(Cl)cc(OCCCC(=O)O)cc2Cl)n[nH]c1=O. The average Bonchev–Trinajstić information content (AvgIpc) is 2.56. The minimum absolute atomic E-state index is 0.00313. The summed E-state index contributed by atoms with van der Waals surface area (Å²) in [5.41, 5.74) is 0.246. The third-order valence-corrected chi connectivity index (χ3v) is 3.97. The average molecular weight is 401 g/mol. The highest BCUT2D eigenvalue weighted by atomic mass is 35.5. The van der Waals surface area contributed by atoms with Crippen LogP contribution in [0.15, 0.2) is 23.0 Å². The third-order valence-electron chi connectivity index (χ3n) is 3.41. The van der Waals surface area contributed by atoms with Crippen LogP contribution < -0.4 is 15.0 Å². The lowest BCUT2D eigenvalue weighted by Gasteiger charge is -2.12. The maximum atomic E-state index is 11.7. The van der Waals surface area contributed by atoms with Gasteiger partial charge in [0.2, 0.25) is 5.88 Å². The molecule has 1 aromatic carbocycles. The summed E-state index contributed by atoms with van der Waals surface area (Å²) in [5, 5.41) is 15.2. The van der Waals surface area contributed by atoms with E-state index < -0.39 is 5.97 Å². The standard InChI is InChI=1S/C17H18Cl2N2O5/c1-9(2)11-8-14(20-21-17(11)24)26-16-12(18)6-10(7-13(16)19)25-5-3-4-15(22)23/h6-9H,3-5H2,1-2H3,(H,21,24)(H,22,23). The number of nitrogens with zero attached hydrogens (tertiary/aromatic N) is 1. The fourth-order valence-corrected chi connectivity index (χ4v) is 2.66. The first-order valence-corrected chi connectivity index (χ1v) is 8.64. The topological polar surface area (TPSA) is 102 Å². The third kappa shape index (κ3) is 5.37. The zero-order valence-electron chi connectivity index (χ0n) is 14.2. The second-order valence-corrected chi connectivity index (χ2v) is 6.62. The molecule has 0 aliphatic heterocycles. The van der Waals surface area contributed by atoms with Crippen molar-refractivity contribution in [2.24, 2.45) is 0 Å². The van der Waals surface area contributed by atoms with Gasteiger partial charge in [-0.3, -0.25) is 9.59 Å². The first kappa shape index (κ1) is 20.1. The molecule has 0 saturated heterocycles. The van der Waals surface area contributed by atoms with Crippen molar-refractivity contribution in [3.63, 3.8) is 0 Å². The fraction of sp³-hybridized carbons (Fsp3) is 0.353. The quantitative estimate of drug-likeness (QED) is 0.642. The number of carboxylic acids is 1. The first-order valence-electron chi connectivity index (χ1n) is 7.89. The van der Waals surface area contributed by atoms with E-state index in [1.165, 1.54) is 18.2 Å². The minimum atomic E-state index is -0.886. The van der Waals surface area contributed by atoms with E-state index >= 15 is 0 Å². The summed E-state index contributed by atoms with van der Waals surface area (Å²) in [6.45, 7) is 3.98. The Morgan fingerprint density at radius 1 is 1.27 bits per heavy atom. The fourth-order valence-electron chi connectivity index (χ4n) is 2.12. The van der Waals surface area contributed by atoms with E-state index in [2.05, 4.69) is 10.2 Å². The molecule has 0 amide bonds. The van der Waals surface area contributed by atoms with Crippen LogP contribution in [0.5, 0.6) is 17.4 Å². The summed E-state index contributed by atoms with van der Waals surface area (Å²) in [6.07, 6.45) is 0.376. The number of rotatable bonds is 8. The molecule has 2 N–H and O–H groups in total. The molecule has 0 aliphatic rings. The summed E-state index contributed by atoms with van der Waals surface area (Å²) >= 11 is 12.4. The molecule has 0 unspecified atom stereocenters. The van der Waals surface area contributed by atoms with E-state index in [1.807, 2.05) is 13.8 Å². The van der Waals surface area contributed by atoms with Crippen molar-refractivity contribution in [2.75, 3.05) is 6.61 Å². The molecule has 0 radical (unpaired) electrons. The number of hydrogen-bond acceptors (Lipinski definition) is 5. The Morgan fingerprint density at radius 2 is 1.92 bits per heavy atom. The van der Waals surface area contributed by atoms with Gasteiger partial charge in [-0.25, -0.2) is 5.10 Å². The monoisotopic (exact) mass is 400 g/mol. The van der Waals surface area contributed by atoms with Crippen molar-refractivity contribution in [3.05, 3.63) is 44.2 Å². The van der Waals surface area contributed by atoms with Crippen LogP contribution in [0.1, 0.15) is 38.2 Å². The van der Waals surface area contributed by atoms with Crippen LogP contribution >= 0.6 is 23.2 Å². The number of aromatic nitrogens is 2. The highest BCUT2D eigenvalue weighted by molar-refractivity contribution is 6.37. The molecule has 1 heterocycles. The van der Waals surface area contributed by atoms with Gasteiger partial charge in [0.15, 0.2) is 5.75 Å². The second-order valence-electron chi connectivity index (χ2n) is 5.81. The zero-order chi connectivity index (χ0) is 19.3. The number of aliphatic carboxylic acids is 1. The maximum Gasteiger partial charge on any atom is 0.303 e. The van der Waals surface area contributed by atoms with Gasteiger partial charge in [-0.05, 0) is 12.3 Å². The summed E-state index contributed by atoms with van der Waals surface area (Å²) in [7, 11) is 0. The minimum Gasteiger partial charge on any atom is -0.493 e. The van der Waals surface area contributed by atoms with Crippen molar-refractivity contribution in [3.8, 4) is 17.4 Å². The molecule has 7 nitrogen and oxygen atoms in total. The van der Waals surface area contributed by atoms with Gasteiger partial charge in [0.05, 0.1) is 16.7 Å².